The maximum absolute atomic E-state index is 12.1. The zero-order valence-electron chi connectivity index (χ0n) is 10.3. The molecule has 0 aliphatic carbocycles. The molecule has 0 fully saturated rings. The lowest BCUT2D eigenvalue weighted by Gasteiger charge is -2.04. The number of furan rings is 1. The summed E-state index contributed by atoms with van der Waals surface area (Å²) >= 11 is 5.90. The van der Waals surface area contributed by atoms with Crippen molar-refractivity contribution >= 4 is 34.1 Å². The second kappa shape index (κ2) is 6.06. The van der Waals surface area contributed by atoms with Gasteiger partial charge in [0.05, 0.1) is 32.1 Å². The van der Waals surface area contributed by atoms with Crippen LogP contribution in [-0.4, -0.2) is 20.2 Å². The molecule has 9 heteroatoms. The van der Waals surface area contributed by atoms with Gasteiger partial charge in [-0.2, -0.15) is 0 Å². The van der Waals surface area contributed by atoms with E-state index in [1.54, 1.807) is 0 Å². The molecule has 0 bridgehead atoms. The van der Waals surface area contributed by atoms with Gasteiger partial charge in [0, 0.05) is 6.07 Å². The minimum Gasteiger partial charge on any atom is -0.475 e. The number of aromatic carboxylic acids is 1. The average molecular weight is 330 g/mol. The molecule has 1 aromatic heterocycles. The molecule has 2 aromatic rings. The molecule has 21 heavy (non-hydrogen) atoms. The maximum Gasteiger partial charge on any atom is 0.371 e. The van der Waals surface area contributed by atoms with Crippen molar-refractivity contribution in [3.8, 4) is 0 Å². The van der Waals surface area contributed by atoms with Gasteiger partial charge in [0.25, 0.3) is 5.69 Å². The smallest absolute Gasteiger partial charge is 0.371 e. The summed E-state index contributed by atoms with van der Waals surface area (Å²) in [6, 6.07) is 6.54. The normalized spacial score (nSPS) is 12.0. The van der Waals surface area contributed by atoms with Crippen molar-refractivity contribution < 1.29 is 23.5 Å². The number of nitro benzene ring substituents is 1. The summed E-state index contributed by atoms with van der Waals surface area (Å²) in [5.41, 5.74) is -0.142. The Morgan fingerprint density at radius 2 is 2.10 bits per heavy atom. The fraction of sp³-hybridized carbons (Fsp3) is 0.0833. The third kappa shape index (κ3) is 3.29. The number of carbonyl (C=O) groups is 1. The molecule has 1 N–H and O–H groups in total. The Labute approximate surface area is 125 Å². The molecule has 0 spiro atoms. The summed E-state index contributed by atoms with van der Waals surface area (Å²) in [6.45, 7) is 0. The minimum absolute atomic E-state index is 0.0818. The number of carboxylic acid groups (broad SMARTS) is 1. The van der Waals surface area contributed by atoms with Crippen LogP contribution in [0.1, 0.15) is 16.1 Å². The Balaban J connectivity index is 2.31. The zero-order valence-corrected chi connectivity index (χ0v) is 11.9. The number of halogens is 1. The van der Waals surface area contributed by atoms with E-state index in [4.69, 9.17) is 21.1 Å². The standard InChI is InChI=1S/C12H8ClNO6S/c13-8-2-1-3-9(14(17)18)7(8)6-21(19)11-5-4-10(20-11)12(15)16/h1-5H,6H2,(H,15,16). The lowest BCUT2D eigenvalue weighted by Crippen LogP contribution is -2.01. The van der Waals surface area contributed by atoms with Gasteiger partial charge in [-0.25, -0.2) is 4.79 Å². The molecule has 0 aliphatic rings. The molecule has 7 nitrogen and oxygen atoms in total. The third-order valence-corrected chi connectivity index (χ3v) is 4.16. The quantitative estimate of drug-likeness (QED) is 0.667. The molecule has 2 rings (SSSR count). The van der Waals surface area contributed by atoms with Crippen LogP contribution in [-0.2, 0) is 16.6 Å². The van der Waals surface area contributed by atoms with Crippen molar-refractivity contribution in [3.05, 3.63) is 56.8 Å². The van der Waals surface area contributed by atoms with E-state index in [2.05, 4.69) is 0 Å². The average Bonchev–Trinajstić information content (AvgIpc) is 2.90. The number of hydrogen-bond acceptors (Lipinski definition) is 5. The molecule has 110 valence electrons. The molecule has 1 heterocycles. The van der Waals surface area contributed by atoms with Crippen LogP contribution in [0.3, 0.4) is 0 Å². The highest BCUT2D eigenvalue weighted by Crippen LogP contribution is 2.29. The van der Waals surface area contributed by atoms with E-state index in [0.29, 0.717) is 0 Å². The molecule has 0 saturated carbocycles. The van der Waals surface area contributed by atoms with E-state index in [1.165, 1.54) is 24.3 Å². The van der Waals surface area contributed by atoms with E-state index in [0.717, 1.165) is 6.07 Å². The number of benzene rings is 1. The van der Waals surface area contributed by atoms with E-state index in [1.807, 2.05) is 0 Å². The predicted octanol–water partition coefficient (Wildman–Crippen LogP) is 2.85. The summed E-state index contributed by atoms with van der Waals surface area (Å²) in [5, 5.41) is 19.7. The van der Waals surface area contributed by atoms with Gasteiger partial charge >= 0.3 is 5.97 Å². The zero-order chi connectivity index (χ0) is 15.6. The summed E-state index contributed by atoms with van der Waals surface area (Å²) in [5.74, 6) is -1.89. The van der Waals surface area contributed by atoms with Gasteiger partial charge in [0.1, 0.15) is 0 Å². The summed E-state index contributed by atoms with van der Waals surface area (Å²) in [6.07, 6.45) is 0. The predicted molar refractivity (Wildman–Crippen MR) is 73.9 cm³/mol. The molecule has 1 unspecified atom stereocenters. The Hall–Kier alpha value is -2.19. The first kappa shape index (κ1) is 15.2. The highest BCUT2D eigenvalue weighted by atomic mass is 35.5. The number of carboxylic acids is 1. The second-order valence-electron chi connectivity index (χ2n) is 3.91. The highest BCUT2D eigenvalue weighted by molar-refractivity contribution is 7.84. The van der Waals surface area contributed by atoms with Gasteiger partial charge in [0.2, 0.25) is 5.76 Å². The van der Waals surface area contributed by atoms with Gasteiger partial charge in [-0.3, -0.25) is 14.3 Å². The topological polar surface area (TPSA) is 111 Å². The highest BCUT2D eigenvalue weighted by Gasteiger charge is 2.21. The second-order valence-corrected chi connectivity index (χ2v) is 5.70. The first-order chi connectivity index (χ1) is 9.90. The maximum atomic E-state index is 12.1. The van der Waals surface area contributed by atoms with Crippen LogP contribution in [0.2, 0.25) is 5.02 Å². The molecule has 1 aromatic carbocycles. The molecular weight excluding hydrogens is 322 g/mol. The van der Waals surface area contributed by atoms with Crippen molar-refractivity contribution in [3.63, 3.8) is 0 Å². The Morgan fingerprint density at radius 3 is 2.67 bits per heavy atom. The summed E-state index contributed by atoms with van der Waals surface area (Å²) < 4.78 is 17.0. The molecule has 1 atom stereocenters. The molecule has 0 amide bonds. The van der Waals surface area contributed by atoms with Crippen LogP contribution in [0, 0.1) is 10.1 Å². The Bertz CT molecular complexity index is 741. The van der Waals surface area contributed by atoms with Crippen LogP contribution in [0.4, 0.5) is 5.69 Å². The molecule has 0 saturated heterocycles. The van der Waals surface area contributed by atoms with Gasteiger partial charge in [0.15, 0.2) is 5.09 Å². The third-order valence-electron chi connectivity index (χ3n) is 2.58. The molecule has 0 radical (unpaired) electrons. The fourth-order valence-corrected chi connectivity index (χ4v) is 3.05. The van der Waals surface area contributed by atoms with Gasteiger partial charge in [-0.05, 0) is 18.2 Å². The fourth-order valence-electron chi connectivity index (χ4n) is 1.62. The number of nitro groups is 1. The van der Waals surface area contributed by atoms with Crippen molar-refractivity contribution in [1.82, 2.24) is 0 Å². The van der Waals surface area contributed by atoms with Crippen LogP contribution in [0.25, 0.3) is 0 Å². The number of hydrogen-bond donors (Lipinski definition) is 1. The van der Waals surface area contributed by atoms with Crippen molar-refractivity contribution in [2.75, 3.05) is 0 Å². The number of nitrogens with zero attached hydrogens (tertiary/aromatic N) is 1. The van der Waals surface area contributed by atoms with Crippen LogP contribution in [0.15, 0.2) is 39.8 Å². The van der Waals surface area contributed by atoms with Crippen molar-refractivity contribution in [1.29, 1.82) is 0 Å². The largest absolute Gasteiger partial charge is 0.475 e. The summed E-state index contributed by atoms with van der Waals surface area (Å²) in [4.78, 5) is 21.0. The number of rotatable bonds is 5. The Morgan fingerprint density at radius 1 is 1.38 bits per heavy atom. The van der Waals surface area contributed by atoms with E-state index < -0.39 is 21.7 Å². The summed E-state index contributed by atoms with van der Waals surface area (Å²) in [7, 11) is -1.79. The first-order valence-electron chi connectivity index (χ1n) is 5.53. The minimum atomic E-state index is -1.79. The molecule has 0 aliphatic heterocycles. The SMILES string of the molecule is O=C(O)c1ccc(S(=O)Cc2c(Cl)cccc2[N+](=O)[O-])o1. The lowest BCUT2D eigenvalue weighted by molar-refractivity contribution is -0.385. The van der Waals surface area contributed by atoms with Crippen LogP contribution >= 0.6 is 11.6 Å². The Kier molecular flexibility index (Phi) is 4.39. The monoisotopic (exact) mass is 329 g/mol. The first-order valence-corrected chi connectivity index (χ1v) is 7.23. The van der Waals surface area contributed by atoms with E-state index >= 15 is 0 Å². The van der Waals surface area contributed by atoms with E-state index in [9.17, 15) is 19.1 Å². The van der Waals surface area contributed by atoms with Gasteiger partial charge < -0.3 is 9.52 Å². The van der Waals surface area contributed by atoms with Gasteiger partial charge in [-0.1, -0.05) is 17.7 Å². The lowest BCUT2D eigenvalue weighted by atomic mass is 10.2. The van der Waals surface area contributed by atoms with Crippen LogP contribution < -0.4 is 0 Å². The van der Waals surface area contributed by atoms with Gasteiger partial charge in [-0.15, -0.1) is 0 Å². The molecular formula is C12H8ClNO6S. The van der Waals surface area contributed by atoms with E-state index in [-0.39, 0.29) is 32.9 Å². The van der Waals surface area contributed by atoms with Crippen molar-refractivity contribution in [2.24, 2.45) is 0 Å². The van der Waals surface area contributed by atoms with Crippen LogP contribution in [0.5, 0.6) is 0 Å². The van der Waals surface area contributed by atoms with Crippen molar-refractivity contribution in [2.45, 2.75) is 10.8 Å².